The van der Waals surface area contributed by atoms with E-state index < -0.39 is 35.8 Å². The van der Waals surface area contributed by atoms with Gasteiger partial charge in [0.15, 0.2) is 0 Å². The molecule has 2 atom stereocenters. The predicted octanol–water partition coefficient (Wildman–Crippen LogP) is -1.52. The second-order valence-electron chi connectivity index (χ2n) is 4.39. The average Bonchev–Trinajstić information content (AvgIpc) is 2.53. The van der Waals surface area contributed by atoms with Crippen molar-refractivity contribution in [1.82, 2.24) is 10.6 Å². The third-order valence-electron chi connectivity index (χ3n) is 2.64. The quantitative estimate of drug-likeness (QED) is 0.275. The van der Waals surface area contributed by atoms with E-state index in [9.17, 15) is 19.2 Å². The van der Waals surface area contributed by atoms with Gasteiger partial charge in [0, 0.05) is 18.7 Å². The predicted molar refractivity (Wildman–Crippen MR) is 84.7 cm³/mol. The third kappa shape index (κ3) is 9.53. The van der Waals surface area contributed by atoms with Crippen molar-refractivity contribution in [3.8, 4) is 0 Å². The van der Waals surface area contributed by atoms with Crippen LogP contribution in [0.15, 0.2) is 12.2 Å². The van der Waals surface area contributed by atoms with Gasteiger partial charge in [0.05, 0.1) is 13.2 Å². The number of thioether (sulfide) groups is 1. The van der Waals surface area contributed by atoms with E-state index in [1.807, 2.05) is 6.26 Å². The lowest BCUT2D eigenvalue weighted by molar-refractivity contribution is -0.142. The fraction of sp³-hybridized carbons (Fsp3) is 0.538. The zero-order chi connectivity index (χ0) is 17.8. The van der Waals surface area contributed by atoms with Gasteiger partial charge in [-0.25, -0.2) is 9.59 Å². The van der Waals surface area contributed by atoms with E-state index in [2.05, 4.69) is 15.4 Å². The highest BCUT2D eigenvalue weighted by molar-refractivity contribution is 7.98. The minimum Gasteiger partial charge on any atom is -0.480 e. The van der Waals surface area contributed by atoms with Crippen molar-refractivity contribution < 1.29 is 29.0 Å². The van der Waals surface area contributed by atoms with Crippen molar-refractivity contribution in [3.05, 3.63) is 12.2 Å². The van der Waals surface area contributed by atoms with Crippen LogP contribution in [-0.2, 0) is 23.9 Å². The third-order valence-corrected chi connectivity index (χ3v) is 3.28. The van der Waals surface area contributed by atoms with Gasteiger partial charge in [-0.2, -0.15) is 11.8 Å². The van der Waals surface area contributed by atoms with Crippen molar-refractivity contribution in [3.63, 3.8) is 0 Å². The van der Waals surface area contributed by atoms with Gasteiger partial charge in [-0.1, -0.05) is 0 Å². The van der Waals surface area contributed by atoms with Gasteiger partial charge in [0.25, 0.3) is 0 Å². The lowest BCUT2D eigenvalue weighted by Gasteiger charge is -2.17. The van der Waals surface area contributed by atoms with E-state index in [4.69, 9.17) is 10.8 Å². The second-order valence-corrected chi connectivity index (χ2v) is 5.37. The van der Waals surface area contributed by atoms with Crippen molar-refractivity contribution in [2.24, 2.45) is 5.73 Å². The first-order valence-electron chi connectivity index (χ1n) is 6.63. The Labute approximate surface area is 138 Å². The average molecular weight is 347 g/mol. The van der Waals surface area contributed by atoms with Crippen molar-refractivity contribution in [1.29, 1.82) is 0 Å². The van der Waals surface area contributed by atoms with Gasteiger partial charge in [-0.05, 0) is 18.4 Å². The molecule has 2 amide bonds. The first-order chi connectivity index (χ1) is 10.8. The molecule has 23 heavy (non-hydrogen) atoms. The van der Waals surface area contributed by atoms with E-state index in [1.165, 1.54) is 11.8 Å². The highest BCUT2D eigenvalue weighted by Crippen LogP contribution is 1.99. The first kappa shape index (κ1) is 20.9. The summed E-state index contributed by atoms with van der Waals surface area (Å²) in [7, 11) is 1.15. The van der Waals surface area contributed by atoms with Gasteiger partial charge in [0.2, 0.25) is 11.8 Å². The van der Waals surface area contributed by atoms with Crippen LogP contribution in [-0.4, -0.2) is 66.6 Å². The summed E-state index contributed by atoms with van der Waals surface area (Å²) in [5.41, 5.74) is 5.64. The molecule has 0 aliphatic carbocycles. The van der Waals surface area contributed by atoms with E-state index >= 15 is 0 Å². The number of carbonyl (C=O) groups excluding carboxylic acids is 3. The molecule has 0 aliphatic heterocycles. The summed E-state index contributed by atoms with van der Waals surface area (Å²) in [4.78, 5) is 45.1. The Balaban J connectivity index is 4.45. The SMILES string of the molecule is COC(=O)/C=C/C(=O)NC[C@H](NC(=O)[C@H](N)CCSC)C(=O)O. The normalized spacial score (nSPS) is 13.2. The number of esters is 1. The zero-order valence-corrected chi connectivity index (χ0v) is 13.7. The molecule has 0 saturated carbocycles. The summed E-state index contributed by atoms with van der Waals surface area (Å²) >= 11 is 1.52. The number of ether oxygens (including phenoxy) is 1. The largest absolute Gasteiger partial charge is 0.480 e. The molecule has 0 spiro atoms. The highest BCUT2D eigenvalue weighted by atomic mass is 32.2. The van der Waals surface area contributed by atoms with Crippen LogP contribution >= 0.6 is 11.8 Å². The molecule has 0 radical (unpaired) electrons. The van der Waals surface area contributed by atoms with Gasteiger partial charge in [-0.3, -0.25) is 9.59 Å². The number of nitrogens with one attached hydrogen (secondary N) is 2. The molecule has 0 aromatic heterocycles. The molecule has 0 aromatic carbocycles. The summed E-state index contributed by atoms with van der Waals surface area (Å²) in [6.45, 7) is -0.347. The molecular formula is C13H21N3O6S. The molecule has 10 heteroatoms. The molecule has 0 fully saturated rings. The number of aliphatic carboxylic acids is 1. The Morgan fingerprint density at radius 3 is 2.48 bits per heavy atom. The minimum atomic E-state index is -1.32. The van der Waals surface area contributed by atoms with Gasteiger partial charge < -0.3 is 26.2 Å². The molecule has 9 nitrogen and oxygen atoms in total. The maximum Gasteiger partial charge on any atom is 0.330 e. The summed E-state index contributed by atoms with van der Waals surface area (Å²) < 4.78 is 4.30. The fourth-order valence-corrected chi connectivity index (χ4v) is 1.82. The second kappa shape index (κ2) is 11.5. The molecule has 130 valence electrons. The van der Waals surface area contributed by atoms with Crippen LogP contribution in [0.3, 0.4) is 0 Å². The van der Waals surface area contributed by atoms with E-state index in [0.29, 0.717) is 12.2 Å². The van der Waals surface area contributed by atoms with Crippen LogP contribution in [0, 0.1) is 0 Å². The van der Waals surface area contributed by atoms with Crippen LogP contribution in [0.2, 0.25) is 0 Å². The summed E-state index contributed by atoms with van der Waals surface area (Å²) in [6.07, 6.45) is 4.06. The van der Waals surface area contributed by atoms with Gasteiger partial charge in [0.1, 0.15) is 6.04 Å². The van der Waals surface area contributed by atoms with Crippen LogP contribution < -0.4 is 16.4 Å². The summed E-state index contributed by atoms with van der Waals surface area (Å²) in [6, 6.07) is -2.14. The highest BCUT2D eigenvalue weighted by Gasteiger charge is 2.23. The molecule has 0 aromatic rings. The van der Waals surface area contributed by atoms with Gasteiger partial charge >= 0.3 is 11.9 Å². The molecule has 5 N–H and O–H groups in total. The number of carbonyl (C=O) groups is 4. The summed E-state index contributed by atoms with van der Waals surface area (Å²) in [5, 5.41) is 13.6. The Hall–Kier alpha value is -2.07. The van der Waals surface area contributed by atoms with Crippen molar-refractivity contribution >= 4 is 35.5 Å². The monoisotopic (exact) mass is 347 g/mol. The molecule has 0 bridgehead atoms. The lowest BCUT2D eigenvalue weighted by Crippen LogP contribution is -2.52. The Bertz CT molecular complexity index is 469. The number of nitrogens with two attached hydrogens (primary N) is 1. The topological polar surface area (TPSA) is 148 Å². The lowest BCUT2D eigenvalue weighted by atomic mass is 10.2. The molecule has 0 rings (SSSR count). The smallest absolute Gasteiger partial charge is 0.330 e. The Kier molecular flexibility index (Phi) is 10.5. The number of methoxy groups -OCH3 is 1. The molecule has 0 saturated heterocycles. The van der Waals surface area contributed by atoms with Crippen molar-refractivity contribution in [2.45, 2.75) is 18.5 Å². The fourth-order valence-electron chi connectivity index (χ4n) is 1.33. The number of hydrogen-bond acceptors (Lipinski definition) is 7. The zero-order valence-electron chi connectivity index (χ0n) is 12.9. The van der Waals surface area contributed by atoms with Crippen LogP contribution in [0.1, 0.15) is 6.42 Å². The van der Waals surface area contributed by atoms with Crippen molar-refractivity contribution in [2.75, 3.05) is 25.7 Å². The molecule has 0 unspecified atom stereocenters. The van der Waals surface area contributed by atoms with Crippen LogP contribution in [0.5, 0.6) is 0 Å². The van der Waals surface area contributed by atoms with Crippen LogP contribution in [0.4, 0.5) is 0 Å². The maximum absolute atomic E-state index is 11.8. The van der Waals surface area contributed by atoms with E-state index in [0.717, 1.165) is 19.3 Å². The molecule has 0 aliphatic rings. The standard InChI is InChI=1S/C13H21N3O6S/c1-22-11(18)4-3-10(17)15-7-9(13(20)21)16-12(19)8(14)5-6-23-2/h3-4,8-9H,5-7,14H2,1-2H3,(H,15,17)(H,16,19)(H,20,21)/b4-3+/t8-,9+/m1/s1. The Morgan fingerprint density at radius 1 is 1.30 bits per heavy atom. The number of hydrogen-bond donors (Lipinski definition) is 4. The van der Waals surface area contributed by atoms with E-state index in [1.54, 1.807) is 0 Å². The number of amides is 2. The van der Waals surface area contributed by atoms with Crippen LogP contribution in [0.25, 0.3) is 0 Å². The number of carboxylic acid groups (broad SMARTS) is 1. The van der Waals surface area contributed by atoms with E-state index in [-0.39, 0.29) is 6.54 Å². The molecule has 0 heterocycles. The van der Waals surface area contributed by atoms with Gasteiger partial charge in [-0.15, -0.1) is 0 Å². The number of carboxylic acids is 1. The summed E-state index contributed by atoms with van der Waals surface area (Å²) in [5.74, 6) is -2.66. The number of rotatable bonds is 10. The Morgan fingerprint density at radius 2 is 1.96 bits per heavy atom. The first-order valence-corrected chi connectivity index (χ1v) is 8.02. The maximum atomic E-state index is 11.8. The molecular weight excluding hydrogens is 326 g/mol. The minimum absolute atomic E-state index is 0.347.